The van der Waals surface area contributed by atoms with Gasteiger partial charge in [-0.15, -0.1) is 11.8 Å². The molecule has 1 nitrogen and oxygen atoms in total. The van der Waals surface area contributed by atoms with Crippen molar-refractivity contribution < 1.29 is 0 Å². The minimum Gasteiger partial charge on any atom is -0.330 e. The highest BCUT2D eigenvalue weighted by Gasteiger charge is 2.17. The van der Waals surface area contributed by atoms with Gasteiger partial charge in [0, 0.05) is 17.2 Å². The first-order chi connectivity index (χ1) is 11.4. The number of benzene rings is 3. The molecule has 0 bridgehead atoms. The van der Waals surface area contributed by atoms with E-state index >= 15 is 0 Å². The van der Waals surface area contributed by atoms with Crippen LogP contribution >= 0.6 is 11.8 Å². The molecule has 0 saturated carbocycles. The van der Waals surface area contributed by atoms with Crippen molar-refractivity contribution in [2.45, 2.75) is 4.90 Å². The normalized spacial score (nSPS) is 10.9. The van der Waals surface area contributed by atoms with Crippen molar-refractivity contribution in [1.82, 2.24) is 0 Å². The van der Waals surface area contributed by atoms with E-state index in [0.717, 1.165) is 5.75 Å². The number of hydrogen-bond acceptors (Lipinski definition) is 2. The van der Waals surface area contributed by atoms with Crippen LogP contribution in [0.1, 0.15) is 16.7 Å². The molecule has 3 rings (SSSR count). The van der Waals surface area contributed by atoms with E-state index in [4.69, 9.17) is 5.73 Å². The third-order valence-corrected chi connectivity index (χ3v) is 4.70. The smallest absolute Gasteiger partial charge is 0.0629 e. The number of rotatable bonds is 6. The van der Waals surface area contributed by atoms with Crippen molar-refractivity contribution in [3.8, 4) is 0 Å². The van der Waals surface area contributed by atoms with Crippen LogP contribution in [0.25, 0.3) is 0 Å². The van der Waals surface area contributed by atoms with Crippen molar-refractivity contribution in [3.63, 3.8) is 0 Å². The Bertz CT molecular complexity index is 668. The molecule has 1 radical (unpaired) electrons. The summed E-state index contributed by atoms with van der Waals surface area (Å²) in [6.07, 6.45) is 0. The first-order valence-corrected chi connectivity index (χ1v) is 8.78. The molecule has 0 fully saturated rings. The van der Waals surface area contributed by atoms with Gasteiger partial charge in [0.2, 0.25) is 0 Å². The van der Waals surface area contributed by atoms with Crippen LogP contribution in [0.15, 0.2) is 89.8 Å². The van der Waals surface area contributed by atoms with Crippen LogP contribution in [0.3, 0.4) is 0 Å². The van der Waals surface area contributed by atoms with Crippen LogP contribution in [0.4, 0.5) is 0 Å². The molecule has 0 saturated heterocycles. The molecule has 0 aliphatic carbocycles. The molecule has 0 spiro atoms. The molecule has 3 aromatic carbocycles. The van der Waals surface area contributed by atoms with Gasteiger partial charge in [0.15, 0.2) is 0 Å². The largest absolute Gasteiger partial charge is 0.330 e. The SMILES string of the molecule is NCCSc1ccc([C](c2ccccc2)c2ccccc2)cc1. The summed E-state index contributed by atoms with van der Waals surface area (Å²) in [7, 11) is 0. The molecule has 0 aliphatic heterocycles. The van der Waals surface area contributed by atoms with Gasteiger partial charge in [-0.05, 0) is 28.8 Å². The van der Waals surface area contributed by atoms with Gasteiger partial charge in [-0.2, -0.15) is 0 Å². The highest BCUT2D eigenvalue weighted by atomic mass is 32.2. The molecule has 0 aliphatic rings. The molecule has 0 heterocycles. The lowest BCUT2D eigenvalue weighted by Gasteiger charge is -2.18. The molecular formula is C21H20NS. The molecule has 0 atom stereocenters. The Balaban J connectivity index is 1.96. The summed E-state index contributed by atoms with van der Waals surface area (Å²) in [5, 5.41) is 0. The van der Waals surface area contributed by atoms with Crippen LogP contribution in [0.5, 0.6) is 0 Å². The van der Waals surface area contributed by atoms with Gasteiger partial charge in [-0.3, -0.25) is 0 Å². The Morgan fingerprint density at radius 2 is 1.13 bits per heavy atom. The number of hydrogen-bond donors (Lipinski definition) is 1. The Morgan fingerprint density at radius 1 is 0.652 bits per heavy atom. The molecule has 0 aromatic heterocycles. The van der Waals surface area contributed by atoms with E-state index in [9.17, 15) is 0 Å². The second-order valence-electron chi connectivity index (χ2n) is 5.27. The van der Waals surface area contributed by atoms with E-state index in [1.54, 1.807) is 11.8 Å². The van der Waals surface area contributed by atoms with E-state index in [1.165, 1.54) is 27.5 Å². The van der Waals surface area contributed by atoms with Crippen molar-refractivity contribution in [3.05, 3.63) is 108 Å². The molecule has 0 amide bonds. The van der Waals surface area contributed by atoms with Crippen LogP contribution in [-0.2, 0) is 0 Å². The summed E-state index contributed by atoms with van der Waals surface area (Å²) in [6.45, 7) is 0.706. The lowest BCUT2D eigenvalue weighted by atomic mass is 9.85. The van der Waals surface area contributed by atoms with Gasteiger partial charge < -0.3 is 5.73 Å². The van der Waals surface area contributed by atoms with Crippen LogP contribution in [0.2, 0.25) is 0 Å². The minimum absolute atomic E-state index is 0.706. The van der Waals surface area contributed by atoms with E-state index in [2.05, 4.69) is 84.9 Å². The summed E-state index contributed by atoms with van der Waals surface area (Å²) < 4.78 is 0. The third kappa shape index (κ3) is 4.04. The van der Waals surface area contributed by atoms with E-state index < -0.39 is 0 Å². The summed E-state index contributed by atoms with van der Waals surface area (Å²) >= 11 is 1.80. The zero-order chi connectivity index (χ0) is 15.9. The fourth-order valence-corrected chi connectivity index (χ4v) is 3.29. The summed E-state index contributed by atoms with van der Waals surface area (Å²) in [5.74, 6) is 2.22. The average Bonchev–Trinajstić information content (AvgIpc) is 2.63. The molecule has 3 aromatic rings. The molecule has 2 N–H and O–H groups in total. The Labute approximate surface area is 142 Å². The fourth-order valence-electron chi connectivity index (χ4n) is 2.60. The molecule has 115 valence electrons. The maximum absolute atomic E-state index is 5.58. The predicted molar refractivity (Wildman–Crippen MR) is 99.7 cm³/mol. The van der Waals surface area contributed by atoms with E-state index in [0.29, 0.717) is 6.54 Å². The van der Waals surface area contributed by atoms with Crippen LogP contribution < -0.4 is 5.73 Å². The van der Waals surface area contributed by atoms with Gasteiger partial charge in [-0.1, -0.05) is 72.8 Å². The molecule has 2 heteroatoms. The lowest BCUT2D eigenvalue weighted by Crippen LogP contribution is -2.04. The van der Waals surface area contributed by atoms with Gasteiger partial charge in [0.25, 0.3) is 0 Å². The monoisotopic (exact) mass is 318 g/mol. The topological polar surface area (TPSA) is 26.0 Å². The Kier molecular flexibility index (Phi) is 5.51. The highest BCUT2D eigenvalue weighted by molar-refractivity contribution is 7.99. The highest BCUT2D eigenvalue weighted by Crippen LogP contribution is 2.31. The van der Waals surface area contributed by atoms with Crippen molar-refractivity contribution in [2.75, 3.05) is 12.3 Å². The zero-order valence-electron chi connectivity index (χ0n) is 13.0. The average molecular weight is 318 g/mol. The maximum Gasteiger partial charge on any atom is 0.0629 e. The zero-order valence-corrected chi connectivity index (χ0v) is 13.8. The molecular weight excluding hydrogens is 298 g/mol. The summed E-state index contributed by atoms with van der Waals surface area (Å²) in [6, 6.07) is 29.9. The standard InChI is InChI=1S/C21H20NS/c22-15-16-23-20-13-11-19(12-14-20)21(17-7-3-1-4-8-17)18-9-5-2-6-10-18/h1-14H,15-16,22H2. The predicted octanol–water partition coefficient (Wildman–Crippen LogP) is 4.76. The lowest BCUT2D eigenvalue weighted by molar-refractivity contribution is 1.15. The van der Waals surface area contributed by atoms with Crippen LogP contribution in [0, 0.1) is 5.92 Å². The number of thioether (sulfide) groups is 1. The Hall–Kier alpha value is -2.03. The van der Waals surface area contributed by atoms with Gasteiger partial charge >= 0.3 is 0 Å². The first kappa shape index (κ1) is 15.9. The van der Waals surface area contributed by atoms with E-state index in [1.807, 2.05) is 0 Å². The van der Waals surface area contributed by atoms with Gasteiger partial charge in [-0.25, -0.2) is 0 Å². The molecule has 0 unspecified atom stereocenters. The second-order valence-corrected chi connectivity index (χ2v) is 6.44. The van der Waals surface area contributed by atoms with Crippen LogP contribution in [-0.4, -0.2) is 12.3 Å². The first-order valence-electron chi connectivity index (χ1n) is 7.79. The third-order valence-electron chi connectivity index (χ3n) is 3.65. The minimum atomic E-state index is 0.706. The summed E-state index contributed by atoms with van der Waals surface area (Å²) in [5.41, 5.74) is 9.29. The quantitative estimate of drug-likeness (QED) is 0.524. The maximum atomic E-state index is 5.58. The summed E-state index contributed by atoms with van der Waals surface area (Å²) in [4.78, 5) is 1.26. The van der Waals surface area contributed by atoms with Crippen molar-refractivity contribution in [1.29, 1.82) is 0 Å². The van der Waals surface area contributed by atoms with Crippen molar-refractivity contribution >= 4 is 11.8 Å². The van der Waals surface area contributed by atoms with Gasteiger partial charge in [0.1, 0.15) is 0 Å². The number of nitrogens with two attached hydrogens (primary N) is 1. The van der Waals surface area contributed by atoms with Gasteiger partial charge in [0.05, 0.1) is 5.92 Å². The Morgan fingerprint density at radius 3 is 1.61 bits per heavy atom. The van der Waals surface area contributed by atoms with Crippen molar-refractivity contribution in [2.24, 2.45) is 5.73 Å². The molecule has 23 heavy (non-hydrogen) atoms. The van der Waals surface area contributed by atoms with E-state index in [-0.39, 0.29) is 0 Å². The fraction of sp³-hybridized carbons (Fsp3) is 0.0952. The second kappa shape index (κ2) is 8.00.